The molecule has 0 heterocycles. The molecule has 27 heavy (non-hydrogen) atoms. The van der Waals surface area contributed by atoms with E-state index in [9.17, 15) is 5.11 Å². The fraction of sp³-hybridized carbons (Fsp3) is 0.250. The van der Waals surface area contributed by atoms with Gasteiger partial charge in [0.05, 0.1) is 0 Å². The van der Waals surface area contributed by atoms with Crippen LogP contribution < -0.4 is 11.1 Å². The summed E-state index contributed by atoms with van der Waals surface area (Å²) in [6.07, 6.45) is 0.899. The lowest BCUT2D eigenvalue weighted by Gasteiger charge is -2.16. The molecule has 3 aromatic carbocycles. The van der Waals surface area contributed by atoms with Crippen molar-refractivity contribution < 1.29 is 5.11 Å². The van der Waals surface area contributed by atoms with Crippen molar-refractivity contribution in [3.05, 3.63) is 87.5 Å². The first kappa shape index (κ1) is 18.8. The summed E-state index contributed by atoms with van der Waals surface area (Å²) in [6.45, 7) is 9.10. The van der Waals surface area contributed by atoms with E-state index in [1.165, 1.54) is 22.3 Å². The van der Waals surface area contributed by atoms with Crippen molar-refractivity contribution in [1.82, 2.24) is 0 Å². The van der Waals surface area contributed by atoms with Crippen molar-refractivity contribution in [2.45, 2.75) is 40.7 Å². The van der Waals surface area contributed by atoms with Crippen LogP contribution in [0, 0.1) is 27.7 Å². The smallest absolute Gasteiger partial charge is 0.115 e. The lowest BCUT2D eigenvalue weighted by atomic mass is 9.96. The number of nitrogens with one attached hydrogen (secondary N) is 1. The minimum Gasteiger partial charge on any atom is -0.508 e. The predicted octanol–water partition coefficient (Wildman–Crippen LogP) is 5.41. The number of hydrogen-bond donors (Lipinski definition) is 3. The van der Waals surface area contributed by atoms with Crippen molar-refractivity contribution in [1.29, 1.82) is 0 Å². The van der Waals surface area contributed by atoms with Gasteiger partial charge in [0.15, 0.2) is 0 Å². The Morgan fingerprint density at radius 2 is 1.33 bits per heavy atom. The minimum atomic E-state index is 0.298. The Hall–Kier alpha value is -2.94. The molecule has 0 fully saturated rings. The van der Waals surface area contributed by atoms with Gasteiger partial charge in [-0.15, -0.1) is 0 Å². The molecule has 3 rings (SSSR count). The van der Waals surface area contributed by atoms with Crippen LogP contribution in [-0.2, 0) is 13.0 Å². The number of benzene rings is 3. The fourth-order valence-corrected chi connectivity index (χ4v) is 3.69. The molecule has 0 radical (unpaired) electrons. The van der Waals surface area contributed by atoms with Gasteiger partial charge in [-0.05, 0) is 85.2 Å². The van der Waals surface area contributed by atoms with Gasteiger partial charge in [-0.25, -0.2) is 0 Å². The summed E-state index contributed by atoms with van der Waals surface area (Å²) in [4.78, 5) is 0. The lowest BCUT2D eigenvalue weighted by molar-refractivity contribution is 0.474. The highest BCUT2D eigenvalue weighted by Crippen LogP contribution is 2.26. The van der Waals surface area contributed by atoms with Crippen LogP contribution in [0.4, 0.5) is 11.4 Å². The van der Waals surface area contributed by atoms with Crippen LogP contribution in [0.1, 0.15) is 38.9 Å². The Kier molecular flexibility index (Phi) is 5.41. The summed E-state index contributed by atoms with van der Waals surface area (Å²) < 4.78 is 0. The summed E-state index contributed by atoms with van der Waals surface area (Å²) in [5.74, 6) is 0.298. The molecule has 0 saturated carbocycles. The summed E-state index contributed by atoms with van der Waals surface area (Å²) in [6, 6.07) is 16.2. The molecule has 0 aliphatic heterocycles. The van der Waals surface area contributed by atoms with Crippen molar-refractivity contribution in [3.8, 4) is 5.75 Å². The molecule has 0 atom stereocenters. The molecular formula is C24H28N2O. The SMILES string of the molecule is Cc1cc(Cc2cc(C)c(NCc3cccc(O)c3)c(C)c2)cc(C)c1N. The maximum absolute atomic E-state index is 9.62. The molecule has 0 unspecified atom stereocenters. The number of aryl methyl sites for hydroxylation is 4. The summed E-state index contributed by atoms with van der Waals surface area (Å²) in [7, 11) is 0. The van der Waals surface area contributed by atoms with E-state index in [1.807, 2.05) is 12.1 Å². The van der Waals surface area contributed by atoms with E-state index in [1.54, 1.807) is 12.1 Å². The topological polar surface area (TPSA) is 58.3 Å². The van der Waals surface area contributed by atoms with Gasteiger partial charge < -0.3 is 16.2 Å². The van der Waals surface area contributed by atoms with Crippen LogP contribution in [0.2, 0.25) is 0 Å². The van der Waals surface area contributed by atoms with Crippen molar-refractivity contribution >= 4 is 11.4 Å². The van der Waals surface area contributed by atoms with Gasteiger partial charge in [0.2, 0.25) is 0 Å². The van der Waals surface area contributed by atoms with Gasteiger partial charge in [-0.3, -0.25) is 0 Å². The molecule has 0 amide bonds. The Morgan fingerprint density at radius 3 is 1.89 bits per heavy atom. The van der Waals surface area contributed by atoms with Gasteiger partial charge in [-0.2, -0.15) is 0 Å². The highest BCUT2D eigenvalue weighted by atomic mass is 16.3. The number of aromatic hydroxyl groups is 1. The average Bonchev–Trinajstić information content (AvgIpc) is 2.59. The number of hydrogen-bond acceptors (Lipinski definition) is 3. The lowest BCUT2D eigenvalue weighted by Crippen LogP contribution is -2.04. The van der Waals surface area contributed by atoms with E-state index in [0.29, 0.717) is 12.3 Å². The molecule has 0 bridgehead atoms. The second kappa shape index (κ2) is 7.75. The zero-order valence-corrected chi connectivity index (χ0v) is 16.6. The van der Waals surface area contributed by atoms with Gasteiger partial charge in [0, 0.05) is 17.9 Å². The zero-order valence-electron chi connectivity index (χ0n) is 16.6. The number of phenolic OH excluding ortho intramolecular Hbond substituents is 1. The third-order valence-electron chi connectivity index (χ3n) is 5.03. The number of nitrogen functional groups attached to an aromatic ring is 1. The largest absolute Gasteiger partial charge is 0.508 e. The number of phenols is 1. The Morgan fingerprint density at radius 1 is 0.778 bits per heavy atom. The van der Waals surface area contributed by atoms with Crippen LogP contribution in [0.25, 0.3) is 0 Å². The van der Waals surface area contributed by atoms with Gasteiger partial charge in [0.25, 0.3) is 0 Å². The average molecular weight is 361 g/mol. The highest BCUT2D eigenvalue weighted by molar-refractivity contribution is 5.60. The van der Waals surface area contributed by atoms with Gasteiger partial charge >= 0.3 is 0 Å². The van der Waals surface area contributed by atoms with Crippen LogP contribution >= 0.6 is 0 Å². The highest BCUT2D eigenvalue weighted by Gasteiger charge is 2.08. The monoisotopic (exact) mass is 360 g/mol. The minimum absolute atomic E-state index is 0.298. The van der Waals surface area contributed by atoms with E-state index in [2.05, 4.69) is 57.3 Å². The Balaban J connectivity index is 1.78. The molecule has 0 aliphatic rings. The quantitative estimate of drug-likeness (QED) is 0.533. The van der Waals surface area contributed by atoms with E-state index in [-0.39, 0.29) is 0 Å². The molecule has 0 aliphatic carbocycles. The second-order valence-electron chi connectivity index (χ2n) is 7.45. The molecule has 3 aromatic rings. The molecule has 3 heteroatoms. The van der Waals surface area contributed by atoms with Crippen LogP contribution in [0.5, 0.6) is 5.75 Å². The number of rotatable bonds is 5. The molecule has 4 N–H and O–H groups in total. The first-order chi connectivity index (χ1) is 12.8. The van der Waals surface area contributed by atoms with Crippen molar-refractivity contribution in [3.63, 3.8) is 0 Å². The summed E-state index contributed by atoms with van der Waals surface area (Å²) in [5.41, 5.74) is 16.5. The van der Waals surface area contributed by atoms with Gasteiger partial charge in [0.1, 0.15) is 5.75 Å². The third-order valence-corrected chi connectivity index (χ3v) is 5.03. The normalized spacial score (nSPS) is 10.8. The van der Waals surface area contributed by atoms with Gasteiger partial charge in [-0.1, -0.05) is 36.4 Å². The maximum Gasteiger partial charge on any atom is 0.115 e. The van der Waals surface area contributed by atoms with Crippen LogP contribution in [0.15, 0.2) is 48.5 Å². The predicted molar refractivity (Wildman–Crippen MR) is 114 cm³/mol. The Labute approximate surface area is 161 Å². The second-order valence-corrected chi connectivity index (χ2v) is 7.45. The standard InChI is InChI=1S/C24H28N2O/c1-15-8-20(9-16(2)23(15)25)12-21-10-17(3)24(18(4)11-21)26-14-19-6-5-7-22(27)13-19/h5-11,13,26-27H,12,14,25H2,1-4H3. The maximum atomic E-state index is 9.62. The van der Waals surface area contributed by atoms with Crippen molar-refractivity contribution in [2.75, 3.05) is 11.1 Å². The molecule has 140 valence electrons. The summed E-state index contributed by atoms with van der Waals surface area (Å²) >= 11 is 0. The van der Waals surface area contributed by atoms with Crippen LogP contribution in [0.3, 0.4) is 0 Å². The fourth-order valence-electron chi connectivity index (χ4n) is 3.69. The third kappa shape index (κ3) is 4.43. The Bertz CT molecular complexity index is 930. The first-order valence-corrected chi connectivity index (χ1v) is 9.31. The van der Waals surface area contributed by atoms with Crippen LogP contribution in [-0.4, -0.2) is 5.11 Å². The van der Waals surface area contributed by atoms with E-state index in [4.69, 9.17) is 5.73 Å². The first-order valence-electron chi connectivity index (χ1n) is 9.31. The summed E-state index contributed by atoms with van der Waals surface area (Å²) in [5, 5.41) is 13.1. The van der Waals surface area contributed by atoms with E-state index in [0.717, 1.165) is 34.5 Å². The molecule has 0 saturated heterocycles. The number of nitrogens with two attached hydrogens (primary N) is 1. The zero-order chi connectivity index (χ0) is 19.6. The molecule has 0 aromatic heterocycles. The van der Waals surface area contributed by atoms with E-state index >= 15 is 0 Å². The van der Waals surface area contributed by atoms with E-state index < -0.39 is 0 Å². The molecular weight excluding hydrogens is 332 g/mol. The van der Waals surface area contributed by atoms with Crippen molar-refractivity contribution in [2.24, 2.45) is 0 Å². The number of anilines is 2. The molecule has 0 spiro atoms. The molecule has 3 nitrogen and oxygen atoms in total.